The number of benzene rings is 2. The number of aliphatic hydroxyl groups is 1. The lowest BCUT2D eigenvalue weighted by molar-refractivity contribution is 0.276. The van der Waals surface area contributed by atoms with Crippen molar-refractivity contribution in [3.8, 4) is 0 Å². The van der Waals surface area contributed by atoms with Gasteiger partial charge < -0.3 is 10.4 Å². The monoisotopic (exact) mass is 359 g/mol. The molecule has 0 aliphatic carbocycles. The summed E-state index contributed by atoms with van der Waals surface area (Å²) in [6, 6.07) is 12.7. The summed E-state index contributed by atoms with van der Waals surface area (Å²) in [6.07, 6.45) is 0. The van der Waals surface area contributed by atoms with Crippen LogP contribution in [0.3, 0.4) is 0 Å². The first kappa shape index (κ1) is 14.7. The van der Waals surface area contributed by atoms with E-state index in [1.807, 2.05) is 30.3 Å². The zero-order valence-electron chi connectivity index (χ0n) is 9.91. The van der Waals surface area contributed by atoms with Crippen molar-refractivity contribution in [3.05, 3.63) is 62.5 Å². The molecule has 2 N–H and O–H groups in total. The van der Waals surface area contributed by atoms with Gasteiger partial charge in [-0.2, -0.15) is 0 Å². The Labute approximate surface area is 130 Å². The fourth-order valence-corrected chi connectivity index (χ4v) is 2.44. The van der Waals surface area contributed by atoms with Gasteiger partial charge in [-0.3, -0.25) is 0 Å². The molecule has 0 heterocycles. The molecule has 2 aromatic rings. The van der Waals surface area contributed by atoms with Crippen LogP contribution in [0.15, 0.2) is 46.9 Å². The Kier molecular flexibility index (Phi) is 5.11. The highest BCUT2D eigenvalue weighted by molar-refractivity contribution is 9.10. The van der Waals surface area contributed by atoms with Crippen molar-refractivity contribution in [2.45, 2.75) is 6.04 Å². The molecule has 0 amide bonds. The molecule has 0 saturated carbocycles. The second kappa shape index (κ2) is 6.62. The Bertz CT molecular complexity index is 577. The highest BCUT2D eigenvalue weighted by Gasteiger charge is 2.11. The molecular formula is C14H12BrCl2NO. The smallest absolute Gasteiger partial charge is 0.0745 e. The third kappa shape index (κ3) is 3.86. The van der Waals surface area contributed by atoms with E-state index in [4.69, 9.17) is 23.2 Å². The van der Waals surface area contributed by atoms with E-state index in [0.717, 1.165) is 15.7 Å². The van der Waals surface area contributed by atoms with Gasteiger partial charge in [0.1, 0.15) is 0 Å². The van der Waals surface area contributed by atoms with Gasteiger partial charge in [0.2, 0.25) is 0 Å². The van der Waals surface area contributed by atoms with Gasteiger partial charge in [-0.15, -0.1) is 0 Å². The molecule has 100 valence electrons. The number of anilines is 1. The van der Waals surface area contributed by atoms with E-state index < -0.39 is 0 Å². The van der Waals surface area contributed by atoms with Crippen molar-refractivity contribution in [2.75, 3.05) is 11.9 Å². The first-order valence-electron chi connectivity index (χ1n) is 5.68. The molecule has 0 radical (unpaired) electrons. The first-order chi connectivity index (χ1) is 9.10. The van der Waals surface area contributed by atoms with Crippen LogP contribution >= 0.6 is 39.1 Å². The summed E-state index contributed by atoms with van der Waals surface area (Å²) in [5.41, 5.74) is 1.80. The molecule has 0 saturated heterocycles. The molecule has 0 spiro atoms. The second-order valence-corrected chi connectivity index (χ2v) is 5.76. The molecule has 5 heteroatoms. The summed E-state index contributed by atoms with van der Waals surface area (Å²) >= 11 is 15.3. The van der Waals surface area contributed by atoms with Crippen LogP contribution in [0, 0.1) is 0 Å². The summed E-state index contributed by atoms with van der Waals surface area (Å²) in [5, 5.41) is 14.1. The van der Waals surface area contributed by atoms with Crippen LogP contribution in [0.4, 0.5) is 5.69 Å². The predicted octanol–water partition coefficient (Wildman–Crippen LogP) is 4.90. The van der Waals surface area contributed by atoms with Crippen LogP contribution in [0.25, 0.3) is 0 Å². The quantitative estimate of drug-likeness (QED) is 0.812. The molecule has 0 aliphatic rings. The fraction of sp³-hybridized carbons (Fsp3) is 0.143. The minimum Gasteiger partial charge on any atom is -0.394 e. The largest absolute Gasteiger partial charge is 0.394 e. The van der Waals surface area contributed by atoms with Crippen molar-refractivity contribution >= 4 is 44.8 Å². The summed E-state index contributed by atoms with van der Waals surface area (Å²) in [6.45, 7) is -0.0272. The standard InChI is InChI=1S/C14H12BrCl2NO/c15-12-7-11(4-5-13(12)17)18-14(8-19)9-2-1-3-10(16)6-9/h1-7,14,18-19H,8H2. The summed E-state index contributed by atoms with van der Waals surface area (Å²) in [5.74, 6) is 0. The average molecular weight is 361 g/mol. The van der Waals surface area contributed by atoms with Crippen molar-refractivity contribution in [3.63, 3.8) is 0 Å². The van der Waals surface area contributed by atoms with Crippen LogP contribution in [0.5, 0.6) is 0 Å². The van der Waals surface area contributed by atoms with Gasteiger partial charge in [0, 0.05) is 15.2 Å². The van der Waals surface area contributed by atoms with Crippen LogP contribution in [-0.2, 0) is 0 Å². The molecule has 1 unspecified atom stereocenters. The van der Waals surface area contributed by atoms with E-state index in [9.17, 15) is 5.11 Å². The molecule has 2 rings (SSSR count). The number of nitrogens with one attached hydrogen (secondary N) is 1. The number of hydrogen-bond donors (Lipinski definition) is 2. The Morgan fingerprint density at radius 2 is 1.95 bits per heavy atom. The van der Waals surface area contributed by atoms with E-state index in [1.165, 1.54) is 0 Å². The van der Waals surface area contributed by atoms with Gasteiger partial charge in [0.25, 0.3) is 0 Å². The fourth-order valence-electron chi connectivity index (χ4n) is 1.74. The maximum Gasteiger partial charge on any atom is 0.0745 e. The molecule has 0 bridgehead atoms. The zero-order chi connectivity index (χ0) is 13.8. The van der Waals surface area contributed by atoms with Gasteiger partial charge in [0.05, 0.1) is 17.7 Å². The highest BCUT2D eigenvalue weighted by Crippen LogP contribution is 2.28. The van der Waals surface area contributed by atoms with Gasteiger partial charge in [-0.25, -0.2) is 0 Å². The highest BCUT2D eigenvalue weighted by atomic mass is 79.9. The van der Waals surface area contributed by atoms with Crippen molar-refractivity contribution in [1.82, 2.24) is 0 Å². The third-order valence-electron chi connectivity index (χ3n) is 2.69. The normalized spacial score (nSPS) is 12.2. The van der Waals surface area contributed by atoms with Crippen molar-refractivity contribution in [2.24, 2.45) is 0 Å². The number of rotatable bonds is 4. The molecule has 1 atom stereocenters. The van der Waals surface area contributed by atoms with E-state index >= 15 is 0 Å². The SMILES string of the molecule is OCC(Nc1ccc(Cl)c(Br)c1)c1cccc(Cl)c1. The molecular weight excluding hydrogens is 349 g/mol. The molecule has 19 heavy (non-hydrogen) atoms. The van der Waals surface area contributed by atoms with Gasteiger partial charge >= 0.3 is 0 Å². The Balaban J connectivity index is 2.21. The van der Waals surface area contributed by atoms with Crippen LogP contribution in [0.2, 0.25) is 10.0 Å². The van der Waals surface area contributed by atoms with Gasteiger partial charge in [0.15, 0.2) is 0 Å². The lowest BCUT2D eigenvalue weighted by Crippen LogP contribution is -2.14. The minimum atomic E-state index is -0.216. The van der Waals surface area contributed by atoms with Crippen LogP contribution in [0.1, 0.15) is 11.6 Å². The average Bonchev–Trinajstić information content (AvgIpc) is 2.40. The van der Waals surface area contributed by atoms with Crippen LogP contribution in [-0.4, -0.2) is 11.7 Å². The maximum absolute atomic E-state index is 9.51. The summed E-state index contributed by atoms with van der Waals surface area (Å²) in [4.78, 5) is 0. The van der Waals surface area contributed by atoms with E-state index in [1.54, 1.807) is 12.1 Å². The van der Waals surface area contributed by atoms with Crippen LogP contribution < -0.4 is 5.32 Å². The summed E-state index contributed by atoms with van der Waals surface area (Å²) < 4.78 is 0.807. The molecule has 0 aliphatic heterocycles. The molecule has 2 aromatic carbocycles. The Hall–Kier alpha value is -0.740. The minimum absolute atomic E-state index is 0.0272. The second-order valence-electron chi connectivity index (χ2n) is 4.06. The topological polar surface area (TPSA) is 32.3 Å². The maximum atomic E-state index is 9.51. The van der Waals surface area contributed by atoms with Gasteiger partial charge in [-0.1, -0.05) is 35.3 Å². The van der Waals surface area contributed by atoms with Crippen molar-refractivity contribution in [1.29, 1.82) is 0 Å². The Morgan fingerprint density at radius 3 is 2.58 bits per heavy atom. The van der Waals surface area contributed by atoms with Gasteiger partial charge in [-0.05, 0) is 51.8 Å². The predicted molar refractivity (Wildman–Crippen MR) is 84.1 cm³/mol. The molecule has 0 aromatic heterocycles. The van der Waals surface area contributed by atoms with E-state index in [2.05, 4.69) is 21.2 Å². The number of halogens is 3. The lowest BCUT2D eigenvalue weighted by Gasteiger charge is -2.18. The number of hydrogen-bond acceptors (Lipinski definition) is 2. The molecule has 2 nitrogen and oxygen atoms in total. The first-order valence-corrected chi connectivity index (χ1v) is 7.23. The Morgan fingerprint density at radius 1 is 1.16 bits per heavy atom. The van der Waals surface area contributed by atoms with Crippen molar-refractivity contribution < 1.29 is 5.11 Å². The summed E-state index contributed by atoms with van der Waals surface area (Å²) in [7, 11) is 0. The zero-order valence-corrected chi connectivity index (χ0v) is 13.0. The number of aliphatic hydroxyl groups excluding tert-OH is 1. The van der Waals surface area contributed by atoms with E-state index in [0.29, 0.717) is 10.0 Å². The third-order valence-corrected chi connectivity index (χ3v) is 4.14. The molecule has 0 fully saturated rings. The van der Waals surface area contributed by atoms with E-state index in [-0.39, 0.29) is 12.6 Å². The lowest BCUT2D eigenvalue weighted by atomic mass is 10.1.